The van der Waals surface area contributed by atoms with Gasteiger partial charge >= 0.3 is 5.97 Å². The molecule has 11 nitrogen and oxygen atoms in total. The summed E-state index contributed by atoms with van der Waals surface area (Å²) >= 11 is 0. The Balaban J connectivity index is 1.63. The number of aromatic amines is 1. The largest absolute Gasteiger partial charge is 0.493 e. The molecule has 0 bridgehead atoms. The number of esters is 1. The fraction of sp³-hybridized carbons (Fsp3) is 0.148. The number of benzene rings is 2. The summed E-state index contributed by atoms with van der Waals surface area (Å²) in [6, 6.07) is 15.5. The summed E-state index contributed by atoms with van der Waals surface area (Å²) < 4.78 is 32.8. The van der Waals surface area contributed by atoms with Crippen LogP contribution in [0.5, 0.6) is 28.9 Å². The van der Waals surface area contributed by atoms with Crippen molar-refractivity contribution >= 4 is 5.97 Å². The first-order valence-electron chi connectivity index (χ1n) is 11.3. The Morgan fingerprint density at radius 3 is 2.47 bits per heavy atom. The summed E-state index contributed by atoms with van der Waals surface area (Å²) in [7, 11) is 4.55. The number of nitrogens with one attached hydrogen (secondary N) is 1. The number of carbonyl (C=O) groups excluding carboxylic acids is 1. The second kappa shape index (κ2) is 9.94. The summed E-state index contributed by atoms with van der Waals surface area (Å²) in [5.41, 5.74) is 8.64. The fourth-order valence-corrected chi connectivity index (χ4v) is 4.33. The summed E-state index contributed by atoms with van der Waals surface area (Å²) in [6.45, 7) is 0. The van der Waals surface area contributed by atoms with Crippen molar-refractivity contribution in [1.29, 1.82) is 5.26 Å². The number of hydrogen-bond acceptors (Lipinski definition) is 10. The molecule has 0 fully saturated rings. The molecule has 4 aromatic rings. The van der Waals surface area contributed by atoms with Gasteiger partial charge in [-0.2, -0.15) is 5.26 Å². The van der Waals surface area contributed by atoms with Crippen molar-refractivity contribution in [2.75, 3.05) is 21.3 Å². The molecule has 1 aliphatic heterocycles. The molecule has 0 spiro atoms. The number of allylic oxidation sites excluding steroid dienone is 1. The van der Waals surface area contributed by atoms with E-state index in [0.29, 0.717) is 39.6 Å². The third-order valence-electron chi connectivity index (χ3n) is 6.02. The maximum Gasteiger partial charge on any atom is 0.379 e. The molecule has 0 saturated heterocycles. The Bertz CT molecular complexity index is 1560. The molecule has 0 amide bonds. The summed E-state index contributed by atoms with van der Waals surface area (Å²) in [4.78, 5) is 12.4. The van der Waals surface area contributed by atoms with Crippen LogP contribution in [0.3, 0.4) is 0 Å². The van der Waals surface area contributed by atoms with E-state index >= 15 is 0 Å². The lowest BCUT2D eigenvalue weighted by Crippen LogP contribution is -2.21. The first-order valence-corrected chi connectivity index (χ1v) is 11.3. The van der Waals surface area contributed by atoms with E-state index in [4.69, 9.17) is 33.8 Å². The third-order valence-corrected chi connectivity index (χ3v) is 6.02. The van der Waals surface area contributed by atoms with E-state index in [0.717, 1.165) is 0 Å². The van der Waals surface area contributed by atoms with E-state index in [1.165, 1.54) is 33.7 Å². The Hall–Kier alpha value is -5.37. The number of methoxy groups -OCH3 is 3. The quantitative estimate of drug-likeness (QED) is 0.272. The lowest BCUT2D eigenvalue weighted by atomic mass is 9.83. The Morgan fingerprint density at radius 2 is 1.84 bits per heavy atom. The average molecular weight is 514 g/mol. The minimum Gasteiger partial charge on any atom is -0.493 e. The van der Waals surface area contributed by atoms with Crippen LogP contribution >= 0.6 is 0 Å². The number of nitrogens with zero attached hydrogens (tertiary/aromatic N) is 2. The first-order chi connectivity index (χ1) is 18.5. The average Bonchev–Trinajstić information content (AvgIpc) is 3.62. The highest BCUT2D eigenvalue weighted by molar-refractivity contribution is 5.88. The van der Waals surface area contributed by atoms with Crippen LogP contribution in [0.1, 0.15) is 27.6 Å². The lowest BCUT2D eigenvalue weighted by Gasteiger charge is -2.24. The first kappa shape index (κ1) is 24.3. The van der Waals surface area contributed by atoms with E-state index in [2.05, 4.69) is 16.3 Å². The molecule has 1 atom stereocenters. The minimum atomic E-state index is -0.696. The predicted molar refractivity (Wildman–Crippen MR) is 133 cm³/mol. The van der Waals surface area contributed by atoms with Gasteiger partial charge in [0.1, 0.15) is 17.4 Å². The van der Waals surface area contributed by atoms with Crippen LogP contribution in [-0.2, 0) is 0 Å². The summed E-state index contributed by atoms with van der Waals surface area (Å²) in [5.74, 6) is 0.375. The molecule has 1 aliphatic rings. The molecule has 2 aromatic carbocycles. The van der Waals surface area contributed by atoms with E-state index < -0.39 is 11.9 Å². The smallest absolute Gasteiger partial charge is 0.379 e. The van der Waals surface area contributed by atoms with Gasteiger partial charge in [0, 0.05) is 5.56 Å². The van der Waals surface area contributed by atoms with Gasteiger partial charge in [-0.25, -0.2) is 4.79 Å². The van der Waals surface area contributed by atoms with Crippen molar-refractivity contribution in [3.05, 3.63) is 83.1 Å². The lowest BCUT2D eigenvalue weighted by molar-refractivity contribution is 0.0701. The topological polar surface area (TPSA) is 155 Å². The van der Waals surface area contributed by atoms with Crippen LogP contribution < -0.4 is 29.4 Å². The van der Waals surface area contributed by atoms with Crippen LogP contribution in [0.15, 0.2) is 70.7 Å². The third kappa shape index (κ3) is 4.14. The number of aromatic nitrogens is 2. The van der Waals surface area contributed by atoms with Crippen molar-refractivity contribution in [3.63, 3.8) is 0 Å². The predicted octanol–water partition coefficient (Wildman–Crippen LogP) is 4.13. The van der Waals surface area contributed by atoms with Gasteiger partial charge in [0.05, 0.1) is 44.8 Å². The molecule has 3 N–H and O–H groups in total. The summed E-state index contributed by atoms with van der Waals surface area (Å²) in [6.07, 6.45) is 1.38. The number of ether oxygens (including phenoxy) is 5. The van der Waals surface area contributed by atoms with Gasteiger partial charge in [0.15, 0.2) is 11.5 Å². The van der Waals surface area contributed by atoms with Crippen LogP contribution in [-0.4, -0.2) is 37.5 Å². The number of hydrogen-bond donors (Lipinski definition) is 2. The molecule has 0 aliphatic carbocycles. The fourth-order valence-electron chi connectivity index (χ4n) is 4.33. The molecule has 0 radical (unpaired) electrons. The minimum absolute atomic E-state index is 0.0603. The number of nitrogens with two attached hydrogens (primary N) is 1. The number of nitriles is 1. The van der Waals surface area contributed by atoms with Gasteiger partial charge in [-0.05, 0) is 42.0 Å². The highest BCUT2D eigenvalue weighted by Crippen LogP contribution is 2.48. The van der Waals surface area contributed by atoms with Crippen LogP contribution in [0, 0.1) is 11.3 Å². The van der Waals surface area contributed by atoms with Crippen molar-refractivity contribution < 1.29 is 32.9 Å². The van der Waals surface area contributed by atoms with Crippen molar-refractivity contribution in [2.24, 2.45) is 5.73 Å². The molecular formula is C27H22N4O7. The molecule has 2 aromatic heterocycles. The Morgan fingerprint density at radius 1 is 1.08 bits per heavy atom. The van der Waals surface area contributed by atoms with E-state index in [-0.39, 0.29) is 28.8 Å². The Kier molecular flexibility index (Phi) is 6.37. The van der Waals surface area contributed by atoms with Gasteiger partial charge in [0.2, 0.25) is 23.3 Å². The maximum absolute atomic E-state index is 12.4. The molecule has 0 saturated carbocycles. The number of carbonyl (C=O) groups is 1. The highest BCUT2D eigenvalue weighted by atomic mass is 16.5. The zero-order valence-electron chi connectivity index (χ0n) is 20.6. The second-order valence-electron chi connectivity index (χ2n) is 8.10. The monoisotopic (exact) mass is 514 g/mol. The zero-order chi connectivity index (χ0) is 26.8. The Labute approximate surface area is 216 Å². The number of rotatable bonds is 7. The van der Waals surface area contributed by atoms with E-state index in [9.17, 15) is 10.1 Å². The van der Waals surface area contributed by atoms with Gasteiger partial charge in [0.25, 0.3) is 0 Å². The molecule has 3 heterocycles. The summed E-state index contributed by atoms with van der Waals surface area (Å²) in [5, 5.41) is 17.3. The number of fused-ring (bicyclic) bond motifs is 1. The normalized spacial score (nSPS) is 14.2. The van der Waals surface area contributed by atoms with Gasteiger partial charge in [-0.3, -0.25) is 5.10 Å². The van der Waals surface area contributed by atoms with Crippen molar-refractivity contribution in [2.45, 2.75) is 5.92 Å². The van der Waals surface area contributed by atoms with Gasteiger partial charge in [-0.1, -0.05) is 12.1 Å². The number of H-pyrrole nitrogens is 1. The second-order valence-corrected chi connectivity index (χ2v) is 8.10. The molecule has 11 heteroatoms. The highest BCUT2D eigenvalue weighted by Gasteiger charge is 2.36. The standard InChI is InChI=1S/C27H22N4O7/c1-33-19-11-15(12-20(34-2)24(19)35-3)23-22-21(17(13-28)25(29)38-26(22)31-30-23)14-6-4-7-16(10-14)37-27(32)18-8-5-9-36-18/h4-12,21H,29H2,1-3H3,(H,30,31)/t21-/m0/s1. The number of furan rings is 1. The SMILES string of the molecule is COc1cc(-c2[nH]nc3c2[C@@H](c2cccc(OC(=O)c4ccco4)c2)C(C#N)=C(N)O3)cc(OC)c1OC. The van der Waals surface area contributed by atoms with Gasteiger partial charge < -0.3 is 33.8 Å². The van der Waals surface area contributed by atoms with Crippen molar-refractivity contribution in [1.82, 2.24) is 10.2 Å². The molecular weight excluding hydrogens is 492 g/mol. The van der Waals surface area contributed by atoms with E-state index in [1.54, 1.807) is 42.5 Å². The van der Waals surface area contributed by atoms with Gasteiger partial charge in [-0.15, -0.1) is 5.10 Å². The van der Waals surface area contributed by atoms with Crippen LogP contribution in [0.4, 0.5) is 0 Å². The zero-order valence-corrected chi connectivity index (χ0v) is 20.6. The molecule has 192 valence electrons. The molecule has 0 unspecified atom stereocenters. The molecule has 5 rings (SSSR count). The maximum atomic E-state index is 12.4. The van der Waals surface area contributed by atoms with Crippen LogP contribution in [0.2, 0.25) is 0 Å². The molecule has 38 heavy (non-hydrogen) atoms. The van der Waals surface area contributed by atoms with Crippen molar-refractivity contribution in [3.8, 4) is 46.2 Å². The van der Waals surface area contributed by atoms with E-state index in [1.807, 2.05) is 0 Å². The van der Waals surface area contributed by atoms with Crippen LogP contribution in [0.25, 0.3) is 11.3 Å².